The van der Waals surface area contributed by atoms with Crippen LogP contribution in [0.5, 0.6) is 17.4 Å². The van der Waals surface area contributed by atoms with Gasteiger partial charge in [0, 0.05) is 31.8 Å². The number of aromatic nitrogens is 1. The van der Waals surface area contributed by atoms with Crippen LogP contribution in [0, 0.1) is 5.82 Å². The van der Waals surface area contributed by atoms with Crippen LogP contribution in [0.3, 0.4) is 0 Å². The highest BCUT2D eigenvalue weighted by Crippen LogP contribution is 2.26. The van der Waals surface area contributed by atoms with Gasteiger partial charge in [-0.2, -0.15) is 0 Å². The van der Waals surface area contributed by atoms with Gasteiger partial charge in [-0.05, 0) is 23.8 Å². The first-order valence-electron chi connectivity index (χ1n) is 6.97. The predicted molar refractivity (Wildman–Crippen MR) is 85.0 cm³/mol. The van der Waals surface area contributed by atoms with Crippen LogP contribution in [0.15, 0.2) is 42.6 Å². The molecule has 1 aromatic carbocycles. The summed E-state index contributed by atoms with van der Waals surface area (Å²) in [6.07, 6.45) is 5.30. The van der Waals surface area contributed by atoms with Crippen LogP contribution in [0.1, 0.15) is 12.5 Å². The van der Waals surface area contributed by atoms with E-state index in [-0.39, 0.29) is 11.7 Å². The lowest BCUT2D eigenvalue weighted by molar-refractivity contribution is -0.118. The molecule has 0 saturated heterocycles. The van der Waals surface area contributed by atoms with Crippen molar-refractivity contribution >= 4 is 12.0 Å². The monoisotopic (exact) mass is 316 g/mol. The van der Waals surface area contributed by atoms with Crippen LogP contribution < -0.4 is 14.8 Å². The standard InChI is InChI=1S/C17H17FN2O3/c1-12(21)19-9-3-4-13-5-8-17(20-11-13)23-14-6-7-15(18)16(10-14)22-2/h3-8,10-11H,9H2,1-2H3,(H,19,21)/b4-3+. The van der Waals surface area contributed by atoms with E-state index in [2.05, 4.69) is 10.3 Å². The van der Waals surface area contributed by atoms with Crippen LogP contribution in [0.4, 0.5) is 4.39 Å². The summed E-state index contributed by atoms with van der Waals surface area (Å²) in [5, 5.41) is 2.66. The molecule has 1 heterocycles. The minimum absolute atomic E-state index is 0.0775. The van der Waals surface area contributed by atoms with E-state index in [0.29, 0.717) is 18.2 Å². The topological polar surface area (TPSA) is 60.5 Å². The Morgan fingerprint density at radius 2 is 2.17 bits per heavy atom. The van der Waals surface area contributed by atoms with Crippen molar-refractivity contribution < 1.29 is 18.7 Å². The smallest absolute Gasteiger partial charge is 0.219 e. The molecule has 0 saturated carbocycles. The van der Waals surface area contributed by atoms with Crippen molar-refractivity contribution in [3.63, 3.8) is 0 Å². The Kier molecular flexibility index (Phi) is 5.68. The first kappa shape index (κ1) is 16.5. The number of nitrogens with zero attached hydrogens (tertiary/aromatic N) is 1. The number of carbonyl (C=O) groups excluding carboxylic acids is 1. The van der Waals surface area contributed by atoms with Gasteiger partial charge in [0.1, 0.15) is 5.75 Å². The van der Waals surface area contributed by atoms with Gasteiger partial charge < -0.3 is 14.8 Å². The number of halogens is 1. The number of benzene rings is 1. The number of methoxy groups -OCH3 is 1. The lowest BCUT2D eigenvalue weighted by atomic mass is 10.2. The highest BCUT2D eigenvalue weighted by atomic mass is 19.1. The summed E-state index contributed by atoms with van der Waals surface area (Å²) in [4.78, 5) is 14.9. The summed E-state index contributed by atoms with van der Waals surface area (Å²) in [7, 11) is 1.39. The van der Waals surface area contributed by atoms with E-state index in [0.717, 1.165) is 5.56 Å². The van der Waals surface area contributed by atoms with Gasteiger partial charge in [-0.15, -0.1) is 0 Å². The molecule has 1 amide bonds. The van der Waals surface area contributed by atoms with Gasteiger partial charge in [-0.25, -0.2) is 9.37 Å². The van der Waals surface area contributed by atoms with Crippen molar-refractivity contribution in [2.45, 2.75) is 6.92 Å². The van der Waals surface area contributed by atoms with Gasteiger partial charge in [0.2, 0.25) is 11.8 Å². The number of rotatable bonds is 6. The van der Waals surface area contributed by atoms with Crippen LogP contribution in [0.25, 0.3) is 6.08 Å². The molecule has 1 aromatic heterocycles. The maximum absolute atomic E-state index is 13.3. The predicted octanol–water partition coefficient (Wildman–Crippen LogP) is 3.17. The second kappa shape index (κ2) is 7.93. The molecule has 0 aliphatic heterocycles. The maximum atomic E-state index is 13.3. The normalized spacial score (nSPS) is 10.6. The molecule has 0 aliphatic carbocycles. The molecule has 0 aliphatic rings. The van der Waals surface area contributed by atoms with Gasteiger partial charge in [-0.3, -0.25) is 4.79 Å². The molecular weight excluding hydrogens is 299 g/mol. The van der Waals surface area contributed by atoms with Crippen LogP contribution in [-0.2, 0) is 4.79 Å². The summed E-state index contributed by atoms with van der Waals surface area (Å²) in [6.45, 7) is 1.93. The van der Waals surface area contributed by atoms with E-state index in [1.807, 2.05) is 18.2 Å². The summed E-state index contributed by atoms with van der Waals surface area (Å²) in [6, 6.07) is 7.76. The molecule has 0 radical (unpaired) electrons. The third kappa shape index (κ3) is 5.10. The zero-order chi connectivity index (χ0) is 16.7. The highest BCUT2D eigenvalue weighted by molar-refractivity contribution is 5.73. The Bertz CT molecular complexity index is 699. The molecule has 0 unspecified atom stereocenters. The van der Waals surface area contributed by atoms with E-state index < -0.39 is 5.82 Å². The zero-order valence-corrected chi connectivity index (χ0v) is 12.9. The molecule has 0 atom stereocenters. The number of ether oxygens (including phenoxy) is 2. The molecule has 23 heavy (non-hydrogen) atoms. The minimum atomic E-state index is -0.451. The van der Waals surface area contributed by atoms with Crippen LogP contribution in [-0.4, -0.2) is 24.5 Å². The van der Waals surface area contributed by atoms with E-state index in [4.69, 9.17) is 9.47 Å². The van der Waals surface area contributed by atoms with Gasteiger partial charge >= 0.3 is 0 Å². The van der Waals surface area contributed by atoms with Crippen molar-refractivity contribution in [2.24, 2.45) is 0 Å². The third-order valence-electron chi connectivity index (χ3n) is 2.88. The lowest BCUT2D eigenvalue weighted by Crippen LogP contribution is -2.19. The minimum Gasteiger partial charge on any atom is -0.494 e. The third-order valence-corrected chi connectivity index (χ3v) is 2.88. The number of nitrogens with one attached hydrogen (secondary N) is 1. The Balaban J connectivity index is 1.98. The average molecular weight is 316 g/mol. The maximum Gasteiger partial charge on any atom is 0.219 e. The molecule has 5 nitrogen and oxygen atoms in total. The van der Waals surface area contributed by atoms with E-state index in [9.17, 15) is 9.18 Å². The first-order chi connectivity index (χ1) is 11.1. The molecule has 120 valence electrons. The fraction of sp³-hybridized carbons (Fsp3) is 0.176. The molecule has 2 aromatic rings. The molecular formula is C17H17FN2O3. The number of carbonyl (C=O) groups is 1. The van der Waals surface area contributed by atoms with Gasteiger partial charge in [0.15, 0.2) is 11.6 Å². The Morgan fingerprint density at radius 1 is 1.35 bits per heavy atom. The highest BCUT2D eigenvalue weighted by Gasteiger charge is 2.05. The molecule has 6 heteroatoms. The molecule has 1 N–H and O–H groups in total. The van der Waals surface area contributed by atoms with Crippen molar-refractivity contribution in [1.29, 1.82) is 0 Å². The van der Waals surface area contributed by atoms with Gasteiger partial charge in [-0.1, -0.05) is 12.2 Å². The largest absolute Gasteiger partial charge is 0.494 e. The number of hydrogen-bond donors (Lipinski definition) is 1. The van der Waals surface area contributed by atoms with E-state index in [1.165, 1.54) is 32.2 Å². The number of amides is 1. The number of hydrogen-bond acceptors (Lipinski definition) is 4. The summed E-state index contributed by atoms with van der Waals surface area (Å²) >= 11 is 0. The Hall–Kier alpha value is -2.89. The van der Waals surface area contributed by atoms with Gasteiger partial charge in [0.05, 0.1) is 7.11 Å². The first-order valence-corrected chi connectivity index (χ1v) is 6.97. The van der Waals surface area contributed by atoms with E-state index in [1.54, 1.807) is 12.3 Å². The molecule has 0 spiro atoms. The lowest BCUT2D eigenvalue weighted by Gasteiger charge is -2.07. The molecule has 0 bridgehead atoms. The average Bonchev–Trinajstić information content (AvgIpc) is 2.54. The zero-order valence-electron chi connectivity index (χ0n) is 12.9. The fourth-order valence-corrected chi connectivity index (χ4v) is 1.77. The number of pyridine rings is 1. The SMILES string of the molecule is COc1cc(Oc2ccc(/C=C/CNC(C)=O)cn2)ccc1F. The van der Waals surface area contributed by atoms with Crippen molar-refractivity contribution in [2.75, 3.05) is 13.7 Å². The summed E-state index contributed by atoms with van der Waals surface area (Å²) < 4.78 is 23.8. The molecule has 2 rings (SSSR count). The van der Waals surface area contributed by atoms with Crippen LogP contribution >= 0.6 is 0 Å². The summed E-state index contributed by atoms with van der Waals surface area (Å²) in [5.41, 5.74) is 0.874. The fourth-order valence-electron chi connectivity index (χ4n) is 1.77. The van der Waals surface area contributed by atoms with Crippen molar-refractivity contribution in [3.8, 4) is 17.4 Å². The van der Waals surface area contributed by atoms with Gasteiger partial charge in [0.25, 0.3) is 0 Å². The summed E-state index contributed by atoms with van der Waals surface area (Å²) in [5.74, 6) is 0.404. The Morgan fingerprint density at radius 3 is 2.83 bits per heavy atom. The van der Waals surface area contributed by atoms with Crippen molar-refractivity contribution in [1.82, 2.24) is 10.3 Å². The molecule has 0 fully saturated rings. The van der Waals surface area contributed by atoms with E-state index >= 15 is 0 Å². The van der Waals surface area contributed by atoms with Crippen LogP contribution in [0.2, 0.25) is 0 Å². The second-order valence-electron chi connectivity index (χ2n) is 4.67. The Labute approximate surface area is 133 Å². The quantitative estimate of drug-likeness (QED) is 0.889. The second-order valence-corrected chi connectivity index (χ2v) is 4.67. The van der Waals surface area contributed by atoms with Crippen molar-refractivity contribution in [3.05, 3.63) is 54.0 Å².